The van der Waals surface area contributed by atoms with Crippen molar-refractivity contribution in [3.05, 3.63) is 42.0 Å². The number of hydrogen-bond acceptors (Lipinski definition) is 5. The van der Waals surface area contributed by atoms with Crippen LogP contribution in [0, 0.1) is 5.92 Å². The second-order valence-corrected chi connectivity index (χ2v) is 4.69. The van der Waals surface area contributed by atoms with Gasteiger partial charge in [0.25, 0.3) is 11.8 Å². The number of carbonyl (C=O) groups is 2. The van der Waals surface area contributed by atoms with E-state index >= 15 is 0 Å². The van der Waals surface area contributed by atoms with Crippen molar-refractivity contribution in [3.8, 4) is 5.75 Å². The van der Waals surface area contributed by atoms with E-state index in [1.165, 1.54) is 12.4 Å². The van der Waals surface area contributed by atoms with Crippen LogP contribution in [0.25, 0.3) is 10.8 Å². The average Bonchev–Trinajstić information content (AvgIpc) is 2.95. The van der Waals surface area contributed by atoms with Gasteiger partial charge >= 0.3 is 0 Å². The van der Waals surface area contributed by atoms with Gasteiger partial charge in [-0.2, -0.15) is 10.2 Å². The number of phenolic OH excluding ortho intramolecular Hbond substituents is 1. The standard InChI is InChI=1S/C15H12N4O3/c20-13-6-5-9-3-1-2-4-10(9)11(13)7-16-18-14(21)12-8-17-19-15(12)22/h1-8,12,20H,(H,18,21)(H,19,22). The molecule has 0 saturated heterocycles. The summed E-state index contributed by atoms with van der Waals surface area (Å²) in [5.41, 5.74) is 4.92. The summed E-state index contributed by atoms with van der Waals surface area (Å²) >= 11 is 0. The van der Waals surface area contributed by atoms with E-state index in [0.717, 1.165) is 10.8 Å². The zero-order valence-electron chi connectivity index (χ0n) is 11.4. The van der Waals surface area contributed by atoms with Crippen molar-refractivity contribution in [1.82, 2.24) is 10.9 Å². The third kappa shape index (κ3) is 2.51. The molecule has 0 aliphatic carbocycles. The van der Waals surface area contributed by atoms with Crippen molar-refractivity contribution in [1.29, 1.82) is 0 Å². The number of phenols is 1. The van der Waals surface area contributed by atoms with Crippen molar-refractivity contribution >= 4 is 35.0 Å². The largest absolute Gasteiger partial charge is 0.507 e. The van der Waals surface area contributed by atoms with E-state index in [1.807, 2.05) is 24.3 Å². The van der Waals surface area contributed by atoms with E-state index in [-0.39, 0.29) is 5.75 Å². The minimum atomic E-state index is -0.988. The van der Waals surface area contributed by atoms with Crippen molar-refractivity contribution < 1.29 is 14.7 Å². The zero-order chi connectivity index (χ0) is 15.5. The normalized spacial score (nSPS) is 17.1. The molecule has 0 radical (unpaired) electrons. The molecule has 1 heterocycles. The third-order valence-corrected chi connectivity index (χ3v) is 3.28. The Labute approximate surface area is 125 Å². The molecular weight excluding hydrogens is 284 g/mol. The fourth-order valence-electron chi connectivity index (χ4n) is 2.15. The quantitative estimate of drug-likeness (QED) is 0.442. The Balaban J connectivity index is 1.81. The van der Waals surface area contributed by atoms with Gasteiger partial charge < -0.3 is 5.11 Å². The maximum absolute atomic E-state index is 11.8. The summed E-state index contributed by atoms with van der Waals surface area (Å²) in [5, 5.41) is 19.0. The second kappa shape index (κ2) is 5.65. The summed E-state index contributed by atoms with van der Waals surface area (Å²) in [4.78, 5) is 23.0. The molecule has 0 bridgehead atoms. The SMILES string of the molecule is O=C(NN=Cc1c(O)ccc2ccccc12)C1C=NNC1=O. The van der Waals surface area contributed by atoms with E-state index in [1.54, 1.807) is 12.1 Å². The lowest BCUT2D eigenvalue weighted by Gasteiger charge is -2.05. The van der Waals surface area contributed by atoms with Gasteiger partial charge in [-0.3, -0.25) is 9.59 Å². The van der Waals surface area contributed by atoms with Crippen LogP contribution in [0.2, 0.25) is 0 Å². The van der Waals surface area contributed by atoms with E-state index in [0.29, 0.717) is 5.56 Å². The molecule has 7 nitrogen and oxygen atoms in total. The number of fused-ring (bicyclic) bond motifs is 1. The molecule has 0 saturated carbocycles. The topological polar surface area (TPSA) is 103 Å². The number of carbonyl (C=O) groups excluding carboxylic acids is 2. The number of nitrogens with one attached hydrogen (secondary N) is 2. The molecule has 2 amide bonds. The van der Waals surface area contributed by atoms with Crippen LogP contribution in [-0.4, -0.2) is 29.4 Å². The molecule has 0 aromatic heterocycles. The molecule has 7 heteroatoms. The Morgan fingerprint density at radius 3 is 2.91 bits per heavy atom. The Bertz CT molecular complexity index is 814. The van der Waals surface area contributed by atoms with Gasteiger partial charge in [0.1, 0.15) is 5.75 Å². The van der Waals surface area contributed by atoms with E-state index in [9.17, 15) is 14.7 Å². The van der Waals surface area contributed by atoms with Crippen molar-refractivity contribution in [2.24, 2.45) is 16.1 Å². The van der Waals surface area contributed by atoms with Crippen molar-refractivity contribution in [2.45, 2.75) is 0 Å². The molecule has 1 aliphatic rings. The first-order valence-electron chi connectivity index (χ1n) is 6.53. The molecule has 2 aromatic carbocycles. The highest BCUT2D eigenvalue weighted by atomic mass is 16.3. The Hall–Kier alpha value is -3.22. The highest BCUT2D eigenvalue weighted by Crippen LogP contribution is 2.25. The summed E-state index contributed by atoms with van der Waals surface area (Å²) in [6.07, 6.45) is 2.56. The smallest absolute Gasteiger partial charge is 0.258 e. The number of aromatic hydroxyl groups is 1. The molecule has 0 spiro atoms. The summed E-state index contributed by atoms with van der Waals surface area (Å²) in [7, 11) is 0. The van der Waals surface area contributed by atoms with Gasteiger partial charge in [0, 0.05) is 11.8 Å². The van der Waals surface area contributed by atoms with E-state index in [4.69, 9.17) is 0 Å². The minimum Gasteiger partial charge on any atom is -0.507 e. The molecule has 22 heavy (non-hydrogen) atoms. The van der Waals surface area contributed by atoms with Crippen LogP contribution in [0.15, 0.2) is 46.6 Å². The highest BCUT2D eigenvalue weighted by molar-refractivity contribution is 6.15. The predicted molar refractivity (Wildman–Crippen MR) is 81.5 cm³/mol. The number of rotatable bonds is 3. The summed E-state index contributed by atoms with van der Waals surface area (Å²) < 4.78 is 0. The van der Waals surface area contributed by atoms with Crippen LogP contribution in [0.5, 0.6) is 5.75 Å². The van der Waals surface area contributed by atoms with Gasteiger partial charge in [-0.05, 0) is 16.8 Å². The molecule has 1 unspecified atom stereocenters. The maximum Gasteiger partial charge on any atom is 0.258 e. The molecule has 1 aliphatic heterocycles. The number of hydrogen-bond donors (Lipinski definition) is 3. The van der Waals surface area contributed by atoms with E-state index < -0.39 is 17.7 Å². The van der Waals surface area contributed by atoms with Crippen LogP contribution >= 0.6 is 0 Å². The van der Waals surface area contributed by atoms with Gasteiger partial charge in [0.2, 0.25) is 0 Å². The maximum atomic E-state index is 11.8. The van der Waals surface area contributed by atoms with Gasteiger partial charge in [-0.15, -0.1) is 0 Å². The van der Waals surface area contributed by atoms with Crippen LogP contribution in [0.3, 0.4) is 0 Å². The van der Waals surface area contributed by atoms with Crippen LogP contribution in [-0.2, 0) is 9.59 Å². The van der Waals surface area contributed by atoms with Crippen LogP contribution in [0.4, 0.5) is 0 Å². The summed E-state index contributed by atoms with van der Waals surface area (Å²) in [5.74, 6) is -2.02. The fraction of sp³-hybridized carbons (Fsp3) is 0.0667. The first-order chi connectivity index (χ1) is 10.7. The van der Waals surface area contributed by atoms with Gasteiger partial charge in [-0.1, -0.05) is 30.3 Å². The number of amides is 2. The van der Waals surface area contributed by atoms with Crippen LogP contribution < -0.4 is 10.9 Å². The molecule has 1 atom stereocenters. The lowest BCUT2D eigenvalue weighted by molar-refractivity contribution is -0.131. The Morgan fingerprint density at radius 1 is 1.32 bits per heavy atom. The molecule has 3 N–H and O–H groups in total. The highest BCUT2D eigenvalue weighted by Gasteiger charge is 2.28. The summed E-state index contributed by atoms with van der Waals surface area (Å²) in [6, 6.07) is 10.8. The number of nitrogens with zero attached hydrogens (tertiary/aromatic N) is 2. The Morgan fingerprint density at radius 2 is 2.14 bits per heavy atom. The first kappa shape index (κ1) is 13.7. The minimum absolute atomic E-state index is 0.0527. The van der Waals surface area contributed by atoms with Crippen molar-refractivity contribution in [2.75, 3.05) is 0 Å². The molecule has 0 fully saturated rings. The van der Waals surface area contributed by atoms with Crippen LogP contribution in [0.1, 0.15) is 5.56 Å². The molecular formula is C15H12N4O3. The van der Waals surface area contributed by atoms with E-state index in [2.05, 4.69) is 21.1 Å². The molecule has 110 valence electrons. The lowest BCUT2D eigenvalue weighted by Crippen LogP contribution is -2.34. The fourth-order valence-corrected chi connectivity index (χ4v) is 2.15. The first-order valence-corrected chi connectivity index (χ1v) is 6.53. The Kier molecular flexibility index (Phi) is 3.53. The van der Waals surface area contributed by atoms with Gasteiger partial charge in [0.05, 0.1) is 6.21 Å². The average molecular weight is 296 g/mol. The van der Waals surface area contributed by atoms with Gasteiger partial charge in [-0.25, -0.2) is 10.9 Å². The number of hydrazone groups is 2. The number of benzene rings is 2. The van der Waals surface area contributed by atoms with Crippen molar-refractivity contribution in [3.63, 3.8) is 0 Å². The predicted octanol–water partition coefficient (Wildman–Crippen LogP) is 0.727. The third-order valence-electron chi connectivity index (χ3n) is 3.28. The molecule has 2 aromatic rings. The summed E-state index contributed by atoms with van der Waals surface area (Å²) in [6.45, 7) is 0. The monoisotopic (exact) mass is 296 g/mol. The van der Waals surface area contributed by atoms with Gasteiger partial charge in [0.15, 0.2) is 5.92 Å². The lowest BCUT2D eigenvalue weighted by atomic mass is 10.0. The molecule has 3 rings (SSSR count). The second-order valence-electron chi connectivity index (χ2n) is 4.69. The zero-order valence-corrected chi connectivity index (χ0v) is 11.4.